The summed E-state index contributed by atoms with van der Waals surface area (Å²) in [5, 5.41) is 14.8. The lowest BCUT2D eigenvalue weighted by atomic mass is 10.2. The van der Waals surface area contributed by atoms with E-state index in [-0.39, 0.29) is 18.7 Å². The van der Waals surface area contributed by atoms with Crippen LogP contribution in [0.1, 0.15) is 12.0 Å². The number of urea groups is 1. The van der Waals surface area contributed by atoms with Crippen molar-refractivity contribution in [3.8, 4) is 11.8 Å². The van der Waals surface area contributed by atoms with E-state index >= 15 is 0 Å². The van der Waals surface area contributed by atoms with Gasteiger partial charge in [-0.2, -0.15) is 0 Å². The van der Waals surface area contributed by atoms with Crippen LogP contribution < -0.4 is 10.6 Å². The second kappa shape index (κ2) is 7.15. The highest BCUT2D eigenvalue weighted by molar-refractivity contribution is 6.31. The van der Waals surface area contributed by atoms with Crippen LogP contribution in [0.3, 0.4) is 0 Å². The average Bonchev–Trinajstić information content (AvgIpc) is 2.90. The third-order valence-corrected chi connectivity index (χ3v) is 3.03. The zero-order valence-electron chi connectivity index (χ0n) is 10.8. The van der Waals surface area contributed by atoms with Crippen molar-refractivity contribution >= 4 is 23.3 Å². The molecule has 1 saturated heterocycles. The van der Waals surface area contributed by atoms with Gasteiger partial charge >= 0.3 is 6.03 Å². The molecule has 106 valence electrons. The van der Waals surface area contributed by atoms with E-state index in [0.717, 1.165) is 6.42 Å². The first-order valence-corrected chi connectivity index (χ1v) is 6.61. The molecule has 2 rings (SSSR count). The lowest BCUT2D eigenvalue weighted by Gasteiger charge is -2.13. The Morgan fingerprint density at radius 2 is 2.40 bits per heavy atom. The van der Waals surface area contributed by atoms with E-state index in [4.69, 9.17) is 21.4 Å². The van der Waals surface area contributed by atoms with Crippen molar-refractivity contribution < 1.29 is 14.6 Å². The Kier molecular flexibility index (Phi) is 5.24. The van der Waals surface area contributed by atoms with Gasteiger partial charge in [-0.15, -0.1) is 0 Å². The van der Waals surface area contributed by atoms with Gasteiger partial charge in [0.05, 0.1) is 18.3 Å². The van der Waals surface area contributed by atoms with Gasteiger partial charge in [-0.05, 0) is 24.6 Å². The minimum atomic E-state index is -0.324. The standard InChI is InChI=1S/C14H15ClN2O3/c15-11-4-3-10(2-1-6-18)13(8-11)17-14(19)16-12-5-7-20-9-12/h3-4,8,12,18H,5-7,9H2,(H2,16,17,19). The van der Waals surface area contributed by atoms with Gasteiger partial charge in [0.2, 0.25) is 0 Å². The highest BCUT2D eigenvalue weighted by Crippen LogP contribution is 2.20. The molecule has 1 heterocycles. The molecule has 0 spiro atoms. The van der Waals surface area contributed by atoms with E-state index in [2.05, 4.69) is 22.5 Å². The first-order valence-electron chi connectivity index (χ1n) is 6.23. The number of halogens is 1. The Hall–Kier alpha value is -1.74. The quantitative estimate of drug-likeness (QED) is 0.726. The van der Waals surface area contributed by atoms with Crippen LogP contribution in [0.15, 0.2) is 18.2 Å². The number of carbonyl (C=O) groups excluding carboxylic acids is 1. The Labute approximate surface area is 122 Å². The molecule has 1 fully saturated rings. The van der Waals surface area contributed by atoms with Crippen LogP contribution in [0.4, 0.5) is 10.5 Å². The minimum Gasteiger partial charge on any atom is -0.384 e. The van der Waals surface area contributed by atoms with Crippen molar-refractivity contribution in [2.24, 2.45) is 0 Å². The monoisotopic (exact) mass is 294 g/mol. The van der Waals surface area contributed by atoms with Crippen molar-refractivity contribution in [3.63, 3.8) is 0 Å². The van der Waals surface area contributed by atoms with Crippen molar-refractivity contribution in [2.75, 3.05) is 25.1 Å². The molecule has 1 aromatic carbocycles. The Bertz CT molecular complexity index is 545. The predicted octanol–water partition coefficient (Wildman–Crippen LogP) is 1.59. The third kappa shape index (κ3) is 4.14. The number of rotatable bonds is 2. The highest BCUT2D eigenvalue weighted by Gasteiger charge is 2.18. The van der Waals surface area contributed by atoms with Crippen LogP contribution in [-0.2, 0) is 4.74 Å². The Morgan fingerprint density at radius 1 is 1.55 bits per heavy atom. The molecule has 0 saturated carbocycles. The number of anilines is 1. The lowest BCUT2D eigenvalue weighted by molar-refractivity contribution is 0.189. The number of amides is 2. The number of carbonyl (C=O) groups is 1. The van der Waals surface area contributed by atoms with Gasteiger partial charge in [0.15, 0.2) is 0 Å². The topological polar surface area (TPSA) is 70.6 Å². The zero-order valence-corrected chi connectivity index (χ0v) is 11.5. The van der Waals surface area contributed by atoms with Crippen LogP contribution in [0, 0.1) is 11.8 Å². The van der Waals surface area contributed by atoms with Crippen LogP contribution >= 0.6 is 11.6 Å². The molecule has 0 radical (unpaired) electrons. The maximum absolute atomic E-state index is 11.9. The first-order chi connectivity index (χ1) is 9.69. The smallest absolute Gasteiger partial charge is 0.319 e. The van der Waals surface area contributed by atoms with Crippen LogP contribution in [0.25, 0.3) is 0 Å². The summed E-state index contributed by atoms with van der Waals surface area (Å²) in [5.41, 5.74) is 1.11. The maximum Gasteiger partial charge on any atom is 0.319 e. The number of aliphatic hydroxyl groups excluding tert-OH is 1. The van der Waals surface area contributed by atoms with E-state index in [1.807, 2.05) is 0 Å². The van der Waals surface area contributed by atoms with Gasteiger partial charge in [0, 0.05) is 17.2 Å². The fourth-order valence-corrected chi connectivity index (χ4v) is 2.03. The second-order valence-electron chi connectivity index (χ2n) is 4.31. The molecular formula is C14H15ClN2O3. The molecule has 1 atom stereocenters. The van der Waals surface area contributed by atoms with E-state index in [0.29, 0.717) is 29.5 Å². The van der Waals surface area contributed by atoms with Gasteiger partial charge in [-0.1, -0.05) is 23.4 Å². The molecule has 1 aliphatic heterocycles. The van der Waals surface area contributed by atoms with E-state index < -0.39 is 0 Å². The summed E-state index contributed by atoms with van der Waals surface area (Å²) in [6.07, 6.45) is 0.806. The van der Waals surface area contributed by atoms with Gasteiger partial charge in [0.25, 0.3) is 0 Å². The summed E-state index contributed by atoms with van der Waals surface area (Å²) in [4.78, 5) is 11.9. The molecule has 0 aromatic heterocycles. The Balaban J connectivity index is 2.06. The molecule has 2 amide bonds. The highest BCUT2D eigenvalue weighted by atomic mass is 35.5. The zero-order chi connectivity index (χ0) is 14.4. The van der Waals surface area contributed by atoms with Crippen molar-refractivity contribution in [1.82, 2.24) is 5.32 Å². The van der Waals surface area contributed by atoms with E-state index in [1.165, 1.54) is 0 Å². The SMILES string of the molecule is O=C(Nc1cc(Cl)ccc1C#CCO)NC1CCOC1. The predicted molar refractivity (Wildman–Crippen MR) is 76.8 cm³/mol. The van der Waals surface area contributed by atoms with Gasteiger partial charge in [-0.3, -0.25) is 0 Å². The fourth-order valence-electron chi connectivity index (χ4n) is 1.86. The lowest BCUT2D eigenvalue weighted by Crippen LogP contribution is -2.38. The summed E-state index contributed by atoms with van der Waals surface area (Å²) in [6, 6.07) is 4.69. The maximum atomic E-state index is 11.9. The molecular weight excluding hydrogens is 280 g/mol. The molecule has 0 bridgehead atoms. The summed E-state index contributed by atoms with van der Waals surface area (Å²) < 4.78 is 5.19. The summed E-state index contributed by atoms with van der Waals surface area (Å²) in [6.45, 7) is 0.948. The summed E-state index contributed by atoms with van der Waals surface area (Å²) in [7, 11) is 0. The Morgan fingerprint density at radius 3 is 3.10 bits per heavy atom. The van der Waals surface area contributed by atoms with Crippen molar-refractivity contribution in [2.45, 2.75) is 12.5 Å². The molecule has 3 N–H and O–H groups in total. The minimum absolute atomic E-state index is 0.0289. The molecule has 5 nitrogen and oxygen atoms in total. The van der Waals surface area contributed by atoms with Crippen LogP contribution in [0.2, 0.25) is 5.02 Å². The number of benzene rings is 1. The molecule has 1 unspecified atom stereocenters. The normalized spacial score (nSPS) is 17.2. The number of hydrogen-bond acceptors (Lipinski definition) is 3. The van der Waals surface area contributed by atoms with Gasteiger partial charge in [0.1, 0.15) is 6.61 Å². The van der Waals surface area contributed by atoms with Crippen LogP contribution in [0.5, 0.6) is 0 Å². The van der Waals surface area contributed by atoms with Crippen molar-refractivity contribution in [1.29, 1.82) is 0 Å². The average molecular weight is 295 g/mol. The third-order valence-electron chi connectivity index (χ3n) is 2.80. The molecule has 20 heavy (non-hydrogen) atoms. The largest absolute Gasteiger partial charge is 0.384 e. The number of nitrogens with one attached hydrogen (secondary N) is 2. The van der Waals surface area contributed by atoms with E-state index in [9.17, 15) is 4.79 Å². The number of aliphatic hydroxyl groups is 1. The fraction of sp³-hybridized carbons (Fsp3) is 0.357. The van der Waals surface area contributed by atoms with Crippen molar-refractivity contribution in [3.05, 3.63) is 28.8 Å². The van der Waals surface area contributed by atoms with Gasteiger partial charge in [-0.25, -0.2) is 4.79 Å². The number of ether oxygens (including phenoxy) is 1. The first kappa shape index (κ1) is 14.7. The number of hydrogen-bond donors (Lipinski definition) is 3. The summed E-state index contributed by atoms with van der Waals surface area (Å²) in [5.74, 6) is 5.30. The molecule has 1 aliphatic rings. The van der Waals surface area contributed by atoms with Gasteiger partial charge < -0.3 is 20.5 Å². The van der Waals surface area contributed by atoms with E-state index in [1.54, 1.807) is 18.2 Å². The second-order valence-corrected chi connectivity index (χ2v) is 4.75. The molecule has 1 aromatic rings. The molecule has 6 heteroatoms. The molecule has 0 aliphatic carbocycles. The van der Waals surface area contributed by atoms with Crippen LogP contribution in [-0.4, -0.2) is 37.0 Å². The summed E-state index contributed by atoms with van der Waals surface area (Å²) >= 11 is 5.92.